The van der Waals surface area contributed by atoms with E-state index < -0.39 is 0 Å². The van der Waals surface area contributed by atoms with E-state index in [9.17, 15) is 0 Å². The van der Waals surface area contributed by atoms with Gasteiger partial charge in [-0.1, -0.05) is 37.1 Å². The van der Waals surface area contributed by atoms with Crippen LogP contribution >= 0.6 is 0 Å². The van der Waals surface area contributed by atoms with Gasteiger partial charge in [-0.15, -0.1) is 0 Å². The third kappa shape index (κ3) is 1.75. The molecule has 1 nitrogen and oxygen atoms in total. The summed E-state index contributed by atoms with van der Waals surface area (Å²) < 4.78 is 0. The predicted octanol–water partition coefficient (Wildman–Crippen LogP) is 3.66. The molecule has 0 amide bonds. The van der Waals surface area contributed by atoms with Crippen LogP contribution in [0.5, 0.6) is 0 Å². The molecule has 0 saturated carbocycles. The first kappa shape index (κ1) is 11.9. The maximum Gasteiger partial charge on any atom is 0.0294 e. The highest BCUT2D eigenvalue weighted by molar-refractivity contribution is 5.27. The van der Waals surface area contributed by atoms with Crippen molar-refractivity contribution < 1.29 is 0 Å². The van der Waals surface area contributed by atoms with Crippen LogP contribution in [0.2, 0.25) is 0 Å². The van der Waals surface area contributed by atoms with Gasteiger partial charge in [-0.3, -0.25) is 0 Å². The summed E-state index contributed by atoms with van der Waals surface area (Å²) in [5.41, 5.74) is 9.83. The Balaban J connectivity index is 2.38. The van der Waals surface area contributed by atoms with Gasteiger partial charge < -0.3 is 5.73 Å². The zero-order valence-electron chi connectivity index (χ0n) is 11.1. The van der Waals surface area contributed by atoms with Gasteiger partial charge in [0.25, 0.3) is 0 Å². The van der Waals surface area contributed by atoms with Gasteiger partial charge in [0, 0.05) is 11.5 Å². The van der Waals surface area contributed by atoms with Gasteiger partial charge >= 0.3 is 0 Å². The molecule has 0 bridgehead atoms. The van der Waals surface area contributed by atoms with Gasteiger partial charge in [0.2, 0.25) is 0 Å². The molecule has 16 heavy (non-hydrogen) atoms. The summed E-state index contributed by atoms with van der Waals surface area (Å²) in [6.45, 7) is 9.13. The Kier molecular flexibility index (Phi) is 3.00. The van der Waals surface area contributed by atoms with Gasteiger partial charge in [0.1, 0.15) is 0 Å². The molecule has 2 N–H and O–H groups in total. The predicted molar refractivity (Wildman–Crippen MR) is 70.1 cm³/mol. The van der Waals surface area contributed by atoms with Gasteiger partial charge in [-0.25, -0.2) is 0 Å². The first-order chi connectivity index (χ1) is 7.45. The minimum Gasteiger partial charge on any atom is -0.324 e. The summed E-state index contributed by atoms with van der Waals surface area (Å²) in [6.07, 6.45) is 8.22. The van der Waals surface area contributed by atoms with Crippen molar-refractivity contribution in [2.24, 2.45) is 23.5 Å². The molecule has 0 fully saturated rings. The average Bonchev–Trinajstić information content (AvgIpc) is 2.15. The highest BCUT2D eigenvalue weighted by Crippen LogP contribution is 2.47. The van der Waals surface area contributed by atoms with Crippen molar-refractivity contribution in [3.8, 4) is 0 Å². The molecule has 0 aromatic heterocycles. The molecule has 0 aliphatic heterocycles. The zero-order valence-corrected chi connectivity index (χ0v) is 11.1. The van der Waals surface area contributed by atoms with E-state index in [1.807, 2.05) is 0 Å². The van der Waals surface area contributed by atoms with E-state index >= 15 is 0 Å². The van der Waals surface area contributed by atoms with Crippen molar-refractivity contribution in [3.05, 3.63) is 23.3 Å². The van der Waals surface area contributed by atoms with E-state index in [2.05, 4.69) is 39.8 Å². The van der Waals surface area contributed by atoms with Crippen molar-refractivity contribution in [3.63, 3.8) is 0 Å². The molecule has 0 aromatic carbocycles. The van der Waals surface area contributed by atoms with E-state index in [0.717, 1.165) is 12.8 Å². The Bertz CT molecular complexity index is 337. The lowest BCUT2D eigenvalue weighted by atomic mass is 9.58. The van der Waals surface area contributed by atoms with E-state index in [1.165, 1.54) is 17.6 Å². The summed E-state index contributed by atoms with van der Waals surface area (Å²) in [7, 11) is 0. The molecule has 0 saturated heterocycles. The Labute approximate surface area is 99.8 Å². The molecule has 2 aliphatic carbocycles. The molecular weight excluding hydrogens is 194 g/mol. The van der Waals surface area contributed by atoms with Crippen molar-refractivity contribution >= 4 is 0 Å². The lowest BCUT2D eigenvalue weighted by molar-refractivity contribution is 0.131. The average molecular weight is 219 g/mol. The summed E-state index contributed by atoms with van der Waals surface area (Å²) >= 11 is 0. The molecule has 1 unspecified atom stereocenters. The molecule has 0 heterocycles. The third-order valence-corrected chi connectivity index (χ3v) is 4.67. The maximum absolute atomic E-state index is 6.81. The molecule has 3 atom stereocenters. The fraction of sp³-hybridized carbons (Fsp3) is 0.733. The molecule has 2 rings (SSSR count). The number of rotatable bonds is 1. The number of hydrogen-bond acceptors (Lipinski definition) is 1. The van der Waals surface area contributed by atoms with E-state index in [-0.39, 0.29) is 5.54 Å². The van der Waals surface area contributed by atoms with Crippen molar-refractivity contribution in [2.45, 2.75) is 52.5 Å². The molecule has 0 radical (unpaired) electrons. The summed E-state index contributed by atoms with van der Waals surface area (Å²) in [5.74, 6) is 1.91. The van der Waals surface area contributed by atoms with E-state index in [1.54, 1.807) is 0 Å². The summed E-state index contributed by atoms with van der Waals surface area (Å²) in [4.78, 5) is 0. The fourth-order valence-electron chi connectivity index (χ4n) is 3.78. The highest BCUT2D eigenvalue weighted by atomic mass is 14.8. The smallest absolute Gasteiger partial charge is 0.0294 e. The molecule has 0 spiro atoms. The Morgan fingerprint density at radius 2 is 1.94 bits per heavy atom. The van der Waals surface area contributed by atoms with Crippen LogP contribution in [0.3, 0.4) is 0 Å². The van der Waals surface area contributed by atoms with Gasteiger partial charge in [-0.2, -0.15) is 0 Å². The molecule has 0 aromatic rings. The number of fused-ring (bicyclic) bond motifs is 1. The second-order valence-electron chi connectivity index (χ2n) is 6.16. The third-order valence-electron chi connectivity index (χ3n) is 4.67. The molecule has 2 aliphatic rings. The van der Waals surface area contributed by atoms with Crippen LogP contribution in [0.15, 0.2) is 23.3 Å². The lowest BCUT2D eigenvalue weighted by Crippen LogP contribution is -2.57. The zero-order chi connectivity index (χ0) is 11.9. The Morgan fingerprint density at radius 1 is 1.25 bits per heavy atom. The number of allylic oxidation sites excluding steroid dienone is 2. The minimum atomic E-state index is 0.0197. The van der Waals surface area contributed by atoms with Gasteiger partial charge in [-0.05, 0) is 44.9 Å². The van der Waals surface area contributed by atoms with Crippen LogP contribution in [-0.2, 0) is 0 Å². The largest absolute Gasteiger partial charge is 0.324 e. The minimum absolute atomic E-state index is 0.0197. The number of hydrogen-bond donors (Lipinski definition) is 1. The van der Waals surface area contributed by atoms with Crippen molar-refractivity contribution in [1.29, 1.82) is 0 Å². The van der Waals surface area contributed by atoms with Gasteiger partial charge in [0.05, 0.1) is 0 Å². The quantitative estimate of drug-likeness (QED) is 0.669. The summed E-state index contributed by atoms with van der Waals surface area (Å²) in [6, 6.07) is 0. The van der Waals surface area contributed by atoms with E-state index in [0.29, 0.717) is 17.8 Å². The van der Waals surface area contributed by atoms with Crippen LogP contribution in [0, 0.1) is 17.8 Å². The topological polar surface area (TPSA) is 26.0 Å². The van der Waals surface area contributed by atoms with Crippen molar-refractivity contribution in [1.82, 2.24) is 0 Å². The van der Waals surface area contributed by atoms with Crippen molar-refractivity contribution in [2.75, 3.05) is 0 Å². The SMILES string of the molecule is CC1=CCC2C(C)=CC[C@H](C(C)C)[C@@]2(N)C1. The monoisotopic (exact) mass is 219 g/mol. The van der Waals surface area contributed by atoms with Crippen LogP contribution in [-0.4, -0.2) is 5.54 Å². The second kappa shape index (κ2) is 4.03. The normalized spacial score (nSPS) is 39.1. The first-order valence-electron chi connectivity index (χ1n) is 6.56. The first-order valence-corrected chi connectivity index (χ1v) is 6.56. The van der Waals surface area contributed by atoms with Crippen LogP contribution in [0.25, 0.3) is 0 Å². The number of nitrogens with two attached hydrogens (primary N) is 1. The second-order valence-corrected chi connectivity index (χ2v) is 6.16. The lowest BCUT2D eigenvalue weighted by Gasteiger charge is -2.50. The highest BCUT2D eigenvalue weighted by Gasteiger charge is 2.46. The molecule has 90 valence electrons. The van der Waals surface area contributed by atoms with Crippen LogP contribution < -0.4 is 5.73 Å². The van der Waals surface area contributed by atoms with Gasteiger partial charge in [0.15, 0.2) is 0 Å². The fourth-order valence-corrected chi connectivity index (χ4v) is 3.78. The molecular formula is C15H25N. The Morgan fingerprint density at radius 3 is 2.56 bits per heavy atom. The summed E-state index contributed by atoms with van der Waals surface area (Å²) in [5, 5.41) is 0. The standard InChI is InChI=1S/C15H25N/c1-10(2)13-8-6-12(4)14-7-5-11(3)9-15(13,14)16/h5-6,10,13-14H,7-9,16H2,1-4H3/t13-,14?,15+/m1/s1. The molecule has 1 heteroatoms. The van der Waals surface area contributed by atoms with Crippen LogP contribution in [0.1, 0.15) is 47.0 Å². The maximum atomic E-state index is 6.81. The van der Waals surface area contributed by atoms with E-state index in [4.69, 9.17) is 5.73 Å². The van der Waals surface area contributed by atoms with Crippen LogP contribution in [0.4, 0.5) is 0 Å². The Hall–Kier alpha value is -0.560.